The first-order valence-electron chi connectivity index (χ1n) is 9.25. The molecule has 2 aromatic rings. The monoisotopic (exact) mass is 388 g/mol. The van der Waals surface area contributed by atoms with Crippen molar-refractivity contribution in [3.8, 4) is 11.6 Å². The van der Waals surface area contributed by atoms with Crippen molar-refractivity contribution in [3.63, 3.8) is 0 Å². The van der Waals surface area contributed by atoms with Gasteiger partial charge in [-0.2, -0.15) is 4.98 Å². The third-order valence-electron chi connectivity index (χ3n) is 4.43. The van der Waals surface area contributed by atoms with E-state index in [1.807, 2.05) is 30.9 Å². The first-order valence-corrected chi connectivity index (χ1v) is 9.25. The zero-order valence-corrected chi connectivity index (χ0v) is 15.9. The molecular formula is C19H24N4O5. The predicted octanol–water partition coefficient (Wildman–Crippen LogP) is 2.72. The lowest BCUT2D eigenvalue weighted by molar-refractivity contribution is -0.385. The maximum absolute atomic E-state index is 11.8. The number of aliphatic hydroxyl groups is 1. The van der Waals surface area contributed by atoms with Crippen molar-refractivity contribution in [2.45, 2.75) is 38.9 Å². The molecule has 0 aliphatic carbocycles. The standard InChI is InChI=1S/C19H24N4O5/c1-13-10-22(11-14(2)27-13)18-17(23(25)26)19(21-12-20-18)28-16-7-5-15(6-8-16)4-3-9-24/h5-8,12-14,24H,3-4,9-11H2,1-2H3. The van der Waals surface area contributed by atoms with Crippen molar-refractivity contribution < 1.29 is 19.5 Å². The van der Waals surface area contributed by atoms with Crippen molar-refractivity contribution in [2.75, 3.05) is 24.6 Å². The summed E-state index contributed by atoms with van der Waals surface area (Å²) in [5.41, 5.74) is 0.795. The number of morpholine rings is 1. The summed E-state index contributed by atoms with van der Waals surface area (Å²) in [5, 5.41) is 20.7. The zero-order valence-electron chi connectivity index (χ0n) is 15.9. The molecule has 28 heavy (non-hydrogen) atoms. The highest BCUT2D eigenvalue weighted by atomic mass is 16.6. The molecule has 0 spiro atoms. The van der Waals surface area contributed by atoms with E-state index in [2.05, 4.69) is 9.97 Å². The Morgan fingerprint density at radius 1 is 1.25 bits per heavy atom. The van der Waals surface area contributed by atoms with Crippen LogP contribution >= 0.6 is 0 Å². The van der Waals surface area contributed by atoms with Crippen LogP contribution in [0.4, 0.5) is 11.5 Å². The number of aromatic nitrogens is 2. The van der Waals surface area contributed by atoms with E-state index < -0.39 is 4.92 Å². The van der Waals surface area contributed by atoms with Gasteiger partial charge >= 0.3 is 11.6 Å². The zero-order chi connectivity index (χ0) is 20.1. The van der Waals surface area contributed by atoms with E-state index in [1.165, 1.54) is 6.33 Å². The minimum Gasteiger partial charge on any atom is -0.434 e. The third kappa shape index (κ3) is 4.73. The molecule has 1 saturated heterocycles. The lowest BCUT2D eigenvalue weighted by atomic mass is 10.1. The first kappa shape index (κ1) is 20.0. The normalized spacial score (nSPS) is 19.5. The lowest BCUT2D eigenvalue weighted by Crippen LogP contribution is -2.46. The van der Waals surface area contributed by atoms with Gasteiger partial charge in [0.2, 0.25) is 5.82 Å². The maximum atomic E-state index is 11.8. The molecule has 0 radical (unpaired) electrons. The quantitative estimate of drug-likeness (QED) is 0.569. The molecule has 2 atom stereocenters. The second kappa shape index (κ2) is 8.94. The molecule has 1 aromatic carbocycles. The molecule has 2 heterocycles. The van der Waals surface area contributed by atoms with E-state index in [4.69, 9.17) is 14.6 Å². The van der Waals surface area contributed by atoms with Crippen LogP contribution in [-0.4, -0.2) is 51.9 Å². The summed E-state index contributed by atoms with van der Waals surface area (Å²) in [4.78, 5) is 21.3. The van der Waals surface area contributed by atoms with Crippen molar-refractivity contribution in [2.24, 2.45) is 0 Å². The van der Waals surface area contributed by atoms with Gasteiger partial charge in [0.25, 0.3) is 0 Å². The van der Waals surface area contributed by atoms with Crippen LogP contribution in [0.5, 0.6) is 11.6 Å². The van der Waals surface area contributed by atoms with E-state index >= 15 is 0 Å². The van der Waals surface area contributed by atoms with Gasteiger partial charge in [-0.15, -0.1) is 0 Å². The Morgan fingerprint density at radius 2 is 1.93 bits per heavy atom. The topological polar surface area (TPSA) is 111 Å². The molecule has 1 aromatic heterocycles. The Kier molecular flexibility index (Phi) is 6.37. The van der Waals surface area contributed by atoms with E-state index in [9.17, 15) is 10.1 Å². The Labute approximate surface area is 163 Å². The molecule has 150 valence electrons. The number of nitro groups is 1. The molecule has 3 rings (SSSR count). The summed E-state index contributed by atoms with van der Waals surface area (Å²) in [7, 11) is 0. The van der Waals surface area contributed by atoms with E-state index in [0.29, 0.717) is 25.3 Å². The highest BCUT2D eigenvalue weighted by Gasteiger charge is 2.32. The first-order chi connectivity index (χ1) is 13.5. The second-order valence-electron chi connectivity index (χ2n) is 6.84. The van der Waals surface area contributed by atoms with E-state index in [1.54, 1.807) is 12.1 Å². The van der Waals surface area contributed by atoms with Crippen LogP contribution in [0.3, 0.4) is 0 Å². The van der Waals surface area contributed by atoms with Gasteiger partial charge in [0, 0.05) is 19.7 Å². The van der Waals surface area contributed by atoms with Crippen LogP contribution < -0.4 is 9.64 Å². The molecule has 1 aliphatic rings. The Balaban J connectivity index is 1.86. The predicted molar refractivity (Wildman–Crippen MR) is 103 cm³/mol. The molecule has 1 N–H and O–H groups in total. The summed E-state index contributed by atoms with van der Waals surface area (Å²) in [6.45, 7) is 4.98. The van der Waals surface area contributed by atoms with Crippen molar-refractivity contribution in [3.05, 3.63) is 46.3 Å². The average Bonchev–Trinajstić information content (AvgIpc) is 2.66. The number of ether oxygens (including phenoxy) is 2. The van der Waals surface area contributed by atoms with Gasteiger partial charge in [-0.05, 0) is 44.4 Å². The smallest absolute Gasteiger partial charge is 0.373 e. The fourth-order valence-corrected chi connectivity index (χ4v) is 3.29. The van der Waals surface area contributed by atoms with Crippen molar-refractivity contribution in [1.82, 2.24) is 9.97 Å². The molecule has 2 unspecified atom stereocenters. The fourth-order valence-electron chi connectivity index (χ4n) is 3.29. The number of hydrogen-bond acceptors (Lipinski definition) is 8. The number of hydrogen-bond donors (Lipinski definition) is 1. The van der Waals surface area contributed by atoms with Crippen molar-refractivity contribution in [1.29, 1.82) is 0 Å². The third-order valence-corrected chi connectivity index (χ3v) is 4.43. The SMILES string of the molecule is CC1CN(c2ncnc(Oc3ccc(CCCO)cc3)c2[N+](=O)[O-])CC(C)O1. The van der Waals surface area contributed by atoms with Gasteiger partial charge in [-0.1, -0.05) is 12.1 Å². The minimum absolute atomic E-state index is 0.0610. The maximum Gasteiger partial charge on any atom is 0.373 e. The molecule has 0 bridgehead atoms. The summed E-state index contributed by atoms with van der Waals surface area (Å²) in [6, 6.07) is 7.20. The van der Waals surface area contributed by atoms with Crippen LogP contribution in [0.1, 0.15) is 25.8 Å². The van der Waals surface area contributed by atoms with Crippen LogP contribution in [0.2, 0.25) is 0 Å². The molecular weight excluding hydrogens is 364 g/mol. The highest BCUT2D eigenvalue weighted by molar-refractivity contribution is 5.63. The van der Waals surface area contributed by atoms with Gasteiger partial charge in [0.15, 0.2) is 0 Å². The van der Waals surface area contributed by atoms with Crippen LogP contribution in [0, 0.1) is 10.1 Å². The summed E-state index contributed by atoms with van der Waals surface area (Å²) >= 11 is 0. The summed E-state index contributed by atoms with van der Waals surface area (Å²) in [5.74, 6) is 0.589. The van der Waals surface area contributed by atoms with Gasteiger partial charge in [0.1, 0.15) is 12.1 Å². The highest BCUT2D eigenvalue weighted by Crippen LogP contribution is 2.37. The summed E-state index contributed by atoms with van der Waals surface area (Å²) in [6.07, 6.45) is 2.58. The molecule has 1 aliphatic heterocycles. The van der Waals surface area contributed by atoms with Crippen LogP contribution in [0.25, 0.3) is 0 Å². The molecule has 0 saturated carbocycles. The number of anilines is 1. The number of aliphatic hydroxyl groups excluding tert-OH is 1. The van der Waals surface area contributed by atoms with E-state index in [-0.39, 0.29) is 36.2 Å². The molecule has 9 nitrogen and oxygen atoms in total. The summed E-state index contributed by atoms with van der Waals surface area (Å²) < 4.78 is 11.4. The Hall–Kier alpha value is -2.78. The minimum atomic E-state index is -0.509. The number of aryl methyl sites for hydroxylation is 1. The number of benzene rings is 1. The molecule has 1 fully saturated rings. The van der Waals surface area contributed by atoms with Gasteiger partial charge < -0.3 is 19.5 Å². The lowest BCUT2D eigenvalue weighted by Gasteiger charge is -2.35. The van der Waals surface area contributed by atoms with Gasteiger partial charge in [0.05, 0.1) is 17.1 Å². The fraction of sp³-hybridized carbons (Fsp3) is 0.474. The second-order valence-corrected chi connectivity index (χ2v) is 6.84. The van der Waals surface area contributed by atoms with E-state index in [0.717, 1.165) is 12.0 Å². The number of rotatable bonds is 7. The Morgan fingerprint density at radius 3 is 2.54 bits per heavy atom. The molecule has 9 heteroatoms. The number of nitrogens with zero attached hydrogens (tertiary/aromatic N) is 4. The van der Waals surface area contributed by atoms with Crippen LogP contribution in [-0.2, 0) is 11.2 Å². The van der Waals surface area contributed by atoms with Crippen molar-refractivity contribution >= 4 is 11.5 Å². The van der Waals surface area contributed by atoms with Gasteiger partial charge in [-0.3, -0.25) is 10.1 Å². The van der Waals surface area contributed by atoms with Gasteiger partial charge in [-0.25, -0.2) is 4.98 Å². The molecule has 0 amide bonds. The largest absolute Gasteiger partial charge is 0.434 e. The average molecular weight is 388 g/mol. The Bertz CT molecular complexity index is 804. The van der Waals surface area contributed by atoms with Crippen LogP contribution in [0.15, 0.2) is 30.6 Å².